The molecule has 0 aromatic rings. The van der Waals surface area contributed by atoms with Crippen LogP contribution in [0.25, 0.3) is 0 Å². The summed E-state index contributed by atoms with van der Waals surface area (Å²) in [5, 5.41) is 19.5. The first-order valence-corrected chi connectivity index (χ1v) is 3.02. The van der Waals surface area contributed by atoms with Crippen molar-refractivity contribution in [3.05, 3.63) is 0 Å². The fraction of sp³-hybridized carbons (Fsp3) is 0.667. The largest absolute Gasteiger partial charge is 1.00 e. The van der Waals surface area contributed by atoms with Crippen LogP contribution in [0, 0.1) is 0 Å². The molecule has 0 amide bonds. The van der Waals surface area contributed by atoms with E-state index in [4.69, 9.17) is 0 Å². The number of rotatable bonds is 5. The number of carbonyl (C=O) groups excluding carboxylic acids is 2. The first-order chi connectivity index (χ1) is 4.63. The number of carbonyl (C=O) groups is 2. The van der Waals surface area contributed by atoms with Crippen LogP contribution in [-0.2, 0) is 9.59 Å². The van der Waals surface area contributed by atoms with Gasteiger partial charge in [-0.05, 0) is 25.7 Å². The van der Waals surface area contributed by atoms with Crippen LogP contribution < -0.4 is 143 Å². The summed E-state index contributed by atoms with van der Waals surface area (Å²) in [6.45, 7) is 0. The van der Waals surface area contributed by atoms with Crippen LogP contribution in [0.3, 0.4) is 0 Å². The molecule has 13 heavy (non-hydrogen) atoms. The van der Waals surface area contributed by atoms with Gasteiger partial charge in [-0.3, -0.25) is 0 Å². The molecule has 0 spiro atoms. The third-order valence-corrected chi connectivity index (χ3v) is 1.01. The van der Waals surface area contributed by atoms with Gasteiger partial charge in [0.2, 0.25) is 0 Å². The van der Waals surface area contributed by atoms with E-state index in [1.165, 1.54) is 0 Å². The maximum absolute atomic E-state index is 9.77. The van der Waals surface area contributed by atoms with E-state index < -0.39 is 11.9 Å². The van der Waals surface area contributed by atoms with Gasteiger partial charge < -0.3 is 21.2 Å². The second-order valence-electron chi connectivity index (χ2n) is 1.95. The molecular weight excluding hydrogens is 237 g/mol. The van der Waals surface area contributed by atoms with E-state index >= 15 is 0 Å². The summed E-state index contributed by atoms with van der Waals surface area (Å²) in [5.41, 5.74) is 0. The fourth-order valence-corrected chi connectivity index (χ4v) is 0.539. The Balaban J connectivity index is -0.0000000675. The first kappa shape index (κ1) is 25.2. The van der Waals surface area contributed by atoms with Crippen LogP contribution in [0.4, 0.5) is 0 Å². The molecule has 0 aromatic heterocycles. The van der Waals surface area contributed by atoms with Gasteiger partial charge in [0.25, 0.3) is 0 Å². The van der Waals surface area contributed by atoms with E-state index in [9.17, 15) is 19.8 Å². The number of carboxylic acids is 2. The van der Waals surface area contributed by atoms with Crippen molar-refractivity contribution in [1.29, 1.82) is 0 Å². The molecule has 0 aliphatic rings. The molecule has 7 heteroatoms. The van der Waals surface area contributed by atoms with Gasteiger partial charge in [0.1, 0.15) is 0 Å². The molecule has 0 atom stereocenters. The van der Waals surface area contributed by atoms with Gasteiger partial charge >= 0.3 is 132 Å². The van der Waals surface area contributed by atoms with Crippen LogP contribution in [0.15, 0.2) is 0 Å². The molecule has 0 saturated heterocycles. The normalized spacial score (nSPS) is 7.08. The molecule has 0 bridgehead atoms. The molecule has 60 valence electrons. The molecule has 0 saturated carbocycles. The summed E-state index contributed by atoms with van der Waals surface area (Å²) in [4.78, 5) is 19.5. The molecular formula is C6H9K2NaO4. The van der Waals surface area contributed by atoms with Gasteiger partial charge in [-0.25, -0.2) is 0 Å². The maximum atomic E-state index is 9.77. The molecule has 4 nitrogen and oxygen atoms in total. The fourth-order valence-electron chi connectivity index (χ4n) is 0.539. The second kappa shape index (κ2) is 17.6. The van der Waals surface area contributed by atoms with Crippen molar-refractivity contribution in [3.8, 4) is 0 Å². The zero-order chi connectivity index (χ0) is 7.98. The zero-order valence-electron chi connectivity index (χ0n) is 9.46. The van der Waals surface area contributed by atoms with E-state index in [1.54, 1.807) is 0 Å². The number of hydrogen-bond acceptors (Lipinski definition) is 4. The Morgan fingerprint density at radius 3 is 1.31 bits per heavy atom. The van der Waals surface area contributed by atoms with E-state index in [0.29, 0.717) is 12.8 Å². The van der Waals surface area contributed by atoms with Gasteiger partial charge in [-0.1, -0.05) is 0 Å². The topological polar surface area (TPSA) is 80.3 Å². The Bertz CT molecular complexity index is 132. The maximum Gasteiger partial charge on any atom is 1.00 e. The quantitative estimate of drug-likeness (QED) is 0.356. The third-order valence-electron chi connectivity index (χ3n) is 1.01. The molecule has 0 radical (unpaired) electrons. The predicted molar refractivity (Wildman–Crippen MR) is 29.6 cm³/mol. The number of carboxylic acid groups (broad SMARTS) is 2. The monoisotopic (exact) mass is 246 g/mol. The van der Waals surface area contributed by atoms with Crippen molar-refractivity contribution < 1.29 is 154 Å². The summed E-state index contributed by atoms with van der Waals surface area (Å²) in [7, 11) is 0. The van der Waals surface area contributed by atoms with E-state index in [0.717, 1.165) is 0 Å². The summed E-state index contributed by atoms with van der Waals surface area (Å²) >= 11 is 0. The molecule has 0 fully saturated rings. The summed E-state index contributed by atoms with van der Waals surface area (Å²) in [6.07, 6.45) is 0.535. The van der Waals surface area contributed by atoms with Gasteiger partial charge in [-0.2, -0.15) is 0 Å². The van der Waals surface area contributed by atoms with Crippen molar-refractivity contribution in [3.63, 3.8) is 0 Å². The molecule has 0 aliphatic carbocycles. The van der Waals surface area contributed by atoms with Crippen LogP contribution in [0.5, 0.6) is 0 Å². The molecule has 0 rings (SSSR count). The Hall–Kier alpha value is 3.21. The molecule has 0 N–H and O–H groups in total. The van der Waals surface area contributed by atoms with Crippen molar-refractivity contribution >= 4 is 11.9 Å². The number of unbranched alkanes of at least 4 members (excludes halogenated alkanes) is 1. The molecule has 0 aliphatic heterocycles. The SMILES string of the molecule is O=C([O-])CCCCC(=O)[O-].[H-].[K+].[K+].[Na+]. The smallest absolute Gasteiger partial charge is 1.00 e. The van der Waals surface area contributed by atoms with Crippen molar-refractivity contribution in [2.45, 2.75) is 25.7 Å². The minimum atomic E-state index is -1.14. The molecule has 0 unspecified atom stereocenters. The van der Waals surface area contributed by atoms with Crippen molar-refractivity contribution in [2.24, 2.45) is 0 Å². The number of aliphatic carboxylic acids is 2. The minimum Gasteiger partial charge on any atom is -1.00 e. The zero-order valence-corrected chi connectivity index (χ0v) is 16.7. The minimum absolute atomic E-state index is 0. The van der Waals surface area contributed by atoms with Crippen molar-refractivity contribution in [1.82, 2.24) is 0 Å². The van der Waals surface area contributed by atoms with Crippen LogP contribution in [0.2, 0.25) is 0 Å². The van der Waals surface area contributed by atoms with Gasteiger partial charge in [-0.15, -0.1) is 0 Å². The average molecular weight is 246 g/mol. The second-order valence-corrected chi connectivity index (χ2v) is 1.95. The Labute approximate surface area is 186 Å². The summed E-state index contributed by atoms with van der Waals surface area (Å²) in [6, 6.07) is 0. The van der Waals surface area contributed by atoms with Crippen LogP contribution >= 0.6 is 0 Å². The Morgan fingerprint density at radius 2 is 1.15 bits per heavy atom. The van der Waals surface area contributed by atoms with E-state index in [1.807, 2.05) is 0 Å². The standard InChI is InChI=1S/C6H10O4.2K.Na.H/c7-5(8)3-1-2-4-6(9)10;;;;/h1-4H2,(H,7,8)(H,9,10);;;;/q;3*+1;-1/p-2. The Kier molecular flexibility index (Phi) is 34.1. The third kappa shape index (κ3) is 25.5. The van der Waals surface area contributed by atoms with Crippen LogP contribution in [0.1, 0.15) is 27.1 Å². The van der Waals surface area contributed by atoms with Crippen molar-refractivity contribution in [2.75, 3.05) is 0 Å². The van der Waals surface area contributed by atoms with Gasteiger partial charge in [0.05, 0.1) is 0 Å². The van der Waals surface area contributed by atoms with E-state index in [2.05, 4.69) is 0 Å². The predicted octanol–water partition coefficient (Wildman–Crippen LogP) is -10.8. The first-order valence-electron chi connectivity index (χ1n) is 3.02. The van der Waals surface area contributed by atoms with Crippen LogP contribution in [-0.4, -0.2) is 11.9 Å². The van der Waals surface area contributed by atoms with Gasteiger partial charge in [0, 0.05) is 11.9 Å². The average Bonchev–Trinajstić information content (AvgIpc) is 1.79. The Morgan fingerprint density at radius 1 is 0.923 bits per heavy atom. The summed E-state index contributed by atoms with van der Waals surface area (Å²) in [5.74, 6) is -2.28. The molecule has 0 heterocycles. The van der Waals surface area contributed by atoms with Gasteiger partial charge in [0.15, 0.2) is 0 Å². The van der Waals surface area contributed by atoms with E-state index in [-0.39, 0.29) is 147 Å². The number of hydrogen-bond donors (Lipinski definition) is 0. The summed E-state index contributed by atoms with van der Waals surface area (Å²) < 4.78 is 0. The molecule has 0 aromatic carbocycles.